The van der Waals surface area contributed by atoms with Gasteiger partial charge in [-0.05, 0) is 42.0 Å². The topological polar surface area (TPSA) is 84.7 Å². The quantitative estimate of drug-likeness (QED) is 0.795. The molecule has 6 heteroatoms. The summed E-state index contributed by atoms with van der Waals surface area (Å²) in [4.78, 5) is 26.2. The third-order valence-electron chi connectivity index (χ3n) is 3.65. The lowest BCUT2D eigenvalue weighted by molar-refractivity contribution is -0.127. The van der Waals surface area contributed by atoms with Gasteiger partial charge in [-0.15, -0.1) is 0 Å². The molecule has 3 N–H and O–H groups in total. The molecule has 24 heavy (non-hydrogen) atoms. The molecule has 0 saturated carbocycles. The van der Waals surface area contributed by atoms with E-state index >= 15 is 0 Å². The number of amides is 2. The Hall–Kier alpha value is -3.02. The average Bonchev–Trinajstić information content (AvgIpc) is 2.55. The van der Waals surface area contributed by atoms with Gasteiger partial charge in [-0.2, -0.15) is 0 Å². The van der Waals surface area contributed by atoms with E-state index in [1.165, 1.54) is 0 Å². The maximum atomic E-state index is 12.5. The van der Waals surface area contributed by atoms with Crippen molar-refractivity contribution < 1.29 is 14.3 Å². The van der Waals surface area contributed by atoms with Gasteiger partial charge in [0.05, 0.1) is 7.11 Å². The van der Waals surface area contributed by atoms with Gasteiger partial charge in [-0.1, -0.05) is 12.1 Å². The summed E-state index contributed by atoms with van der Waals surface area (Å²) in [6.45, 7) is 0. The predicted octanol–water partition coefficient (Wildman–Crippen LogP) is 1.97. The lowest BCUT2D eigenvalue weighted by Gasteiger charge is -2.16. The van der Waals surface area contributed by atoms with Crippen molar-refractivity contribution in [1.82, 2.24) is 0 Å². The lowest BCUT2D eigenvalue weighted by Crippen LogP contribution is -2.32. The molecule has 0 fully saturated rings. The van der Waals surface area contributed by atoms with Crippen LogP contribution in [-0.4, -0.2) is 33.0 Å². The summed E-state index contributed by atoms with van der Waals surface area (Å²) in [5, 5.41) is 2.73. The Kier molecular flexibility index (Phi) is 5.42. The van der Waals surface area contributed by atoms with Gasteiger partial charge in [0.15, 0.2) is 0 Å². The molecule has 0 saturated heterocycles. The minimum absolute atomic E-state index is 0.467. The molecule has 0 aliphatic rings. The van der Waals surface area contributed by atoms with Crippen LogP contribution in [0.5, 0.6) is 5.75 Å². The second kappa shape index (κ2) is 7.50. The molecule has 0 spiro atoms. The number of nitrogens with one attached hydrogen (secondary N) is 1. The third kappa shape index (κ3) is 4.04. The Morgan fingerprint density at radius 3 is 2.08 bits per heavy atom. The van der Waals surface area contributed by atoms with Gasteiger partial charge in [-0.3, -0.25) is 9.59 Å². The molecule has 0 bridgehead atoms. The number of nitrogens with two attached hydrogens (primary N) is 1. The molecule has 126 valence electrons. The van der Waals surface area contributed by atoms with Crippen molar-refractivity contribution >= 4 is 23.2 Å². The molecule has 2 aromatic carbocycles. The van der Waals surface area contributed by atoms with Crippen LogP contribution in [-0.2, 0) is 9.59 Å². The number of anilines is 2. The molecule has 0 aliphatic heterocycles. The van der Waals surface area contributed by atoms with E-state index in [0.717, 1.165) is 5.69 Å². The predicted molar refractivity (Wildman–Crippen MR) is 94.3 cm³/mol. The summed E-state index contributed by atoms with van der Waals surface area (Å²) in [5.41, 5.74) is 7.55. The first-order chi connectivity index (χ1) is 11.4. The van der Waals surface area contributed by atoms with Crippen LogP contribution < -0.4 is 20.7 Å². The number of carbonyl (C=O) groups excluding carboxylic acids is 2. The maximum Gasteiger partial charge on any atom is 0.241 e. The fourth-order valence-corrected chi connectivity index (χ4v) is 2.30. The highest BCUT2D eigenvalue weighted by Crippen LogP contribution is 2.22. The zero-order valence-corrected chi connectivity index (χ0v) is 13.9. The van der Waals surface area contributed by atoms with E-state index in [2.05, 4.69) is 5.32 Å². The highest BCUT2D eigenvalue weighted by Gasteiger charge is 2.26. The normalized spacial score (nSPS) is 11.5. The first-order valence-corrected chi connectivity index (χ1v) is 7.44. The highest BCUT2D eigenvalue weighted by molar-refractivity contribution is 6.10. The molecular formula is C18H21N3O3. The number of hydrogen-bond acceptors (Lipinski definition) is 4. The zero-order chi connectivity index (χ0) is 17.7. The summed E-state index contributed by atoms with van der Waals surface area (Å²) < 4.78 is 5.08. The van der Waals surface area contributed by atoms with Crippen molar-refractivity contribution in [3.8, 4) is 5.75 Å². The first-order valence-electron chi connectivity index (χ1n) is 7.44. The Labute approximate surface area is 141 Å². The number of primary amides is 1. The number of rotatable bonds is 6. The summed E-state index contributed by atoms with van der Waals surface area (Å²) >= 11 is 0. The molecule has 2 aromatic rings. The number of nitrogens with zero attached hydrogens (tertiary/aromatic N) is 1. The number of ether oxygens (including phenoxy) is 1. The average molecular weight is 327 g/mol. The van der Waals surface area contributed by atoms with E-state index < -0.39 is 17.7 Å². The van der Waals surface area contributed by atoms with E-state index in [0.29, 0.717) is 17.0 Å². The van der Waals surface area contributed by atoms with Crippen LogP contribution in [0, 0.1) is 0 Å². The van der Waals surface area contributed by atoms with Crippen molar-refractivity contribution in [2.45, 2.75) is 5.92 Å². The van der Waals surface area contributed by atoms with E-state index in [1.54, 1.807) is 43.5 Å². The number of hydrogen-bond donors (Lipinski definition) is 2. The first kappa shape index (κ1) is 17.3. The summed E-state index contributed by atoms with van der Waals surface area (Å²) in [6.07, 6.45) is 0. The van der Waals surface area contributed by atoms with E-state index in [-0.39, 0.29) is 0 Å². The lowest BCUT2D eigenvalue weighted by atomic mass is 9.97. The van der Waals surface area contributed by atoms with Gasteiger partial charge < -0.3 is 20.7 Å². The van der Waals surface area contributed by atoms with Crippen LogP contribution in [0.25, 0.3) is 0 Å². The van der Waals surface area contributed by atoms with Crippen LogP contribution in [0.15, 0.2) is 48.5 Å². The molecule has 6 nitrogen and oxygen atoms in total. The molecule has 0 heterocycles. The van der Waals surface area contributed by atoms with Gasteiger partial charge in [0.2, 0.25) is 11.8 Å². The Balaban J connectivity index is 2.18. The van der Waals surface area contributed by atoms with Crippen LogP contribution in [0.2, 0.25) is 0 Å². The number of benzene rings is 2. The fraction of sp³-hybridized carbons (Fsp3) is 0.222. The largest absolute Gasteiger partial charge is 0.497 e. The second-order valence-corrected chi connectivity index (χ2v) is 5.54. The minimum Gasteiger partial charge on any atom is -0.497 e. The highest BCUT2D eigenvalue weighted by atomic mass is 16.5. The van der Waals surface area contributed by atoms with E-state index in [9.17, 15) is 9.59 Å². The standard InChI is InChI=1S/C18H21N3O3/c1-21(2)14-8-6-13(7-9-14)20-18(23)16(17(19)22)12-4-10-15(24-3)11-5-12/h4-11,16H,1-3H3,(H2,19,22)(H,20,23)/t16-/m0/s1. The smallest absolute Gasteiger partial charge is 0.241 e. The van der Waals surface area contributed by atoms with Crippen LogP contribution in [0.1, 0.15) is 11.5 Å². The molecular weight excluding hydrogens is 306 g/mol. The van der Waals surface area contributed by atoms with Gasteiger partial charge in [0.1, 0.15) is 11.7 Å². The van der Waals surface area contributed by atoms with Crippen molar-refractivity contribution in [2.24, 2.45) is 5.73 Å². The Bertz CT molecular complexity index is 709. The molecule has 2 rings (SSSR count). The second-order valence-electron chi connectivity index (χ2n) is 5.54. The van der Waals surface area contributed by atoms with Gasteiger partial charge in [-0.25, -0.2) is 0 Å². The van der Waals surface area contributed by atoms with E-state index in [1.807, 2.05) is 31.1 Å². The van der Waals surface area contributed by atoms with Crippen LogP contribution >= 0.6 is 0 Å². The summed E-state index contributed by atoms with van der Waals surface area (Å²) in [7, 11) is 5.41. The Morgan fingerprint density at radius 1 is 1.04 bits per heavy atom. The molecule has 2 amide bonds. The Morgan fingerprint density at radius 2 is 1.62 bits per heavy atom. The fourth-order valence-electron chi connectivity index (χ4n) is 2.30. The van der Waals surface area contributed by atoms with Gasteiger partial charge >= 0.3 is 0 Å². The molecule has 0 aliphatic carbocycles. The van der Waals surface area contributed by atoms with Crippen molar-refractivity contribution in [3.63, 3.8) is 0 Å². The number of carbonyl (C=O) groups is 2. The SMILES string of the molecule is COc1ccc([C@@H](C(N)=O)C(=O)Nc2ccc(N(C)C)cc2)cc1. The van der Waals surface area contributed by atoms with Gasteiger partial charge in [0.25, 0.3) is 0 Å². The number of methoxy groups -OCH3 is 1. The van der Waals surface area contributed by atoms with E-state index in [4.69, 9.17) is 10.5 Å². The molecule has 1 atom stereocenters. The molecule has 0 unspecified atom stereocenters. The summed E-state index contributed by atoms with van der Waals surface area (Å²) in [6, 6.07) is 14.0. The molecule has 0 radical (unpaired) electrons. The van der Waals surface area contributed by atoms with Crippen molar-refractivity contribution in [2.75, 3.05) is 31.4 Å². The minimum atomic E-state index is -1.07. The van der Waals surface area contributed by atoms with Crippen LogP contribution in [0.4, 0.5) is 11.4 Å². The monoisotopic (exact) mass is 327 g/mol. The van der Waals surface area contributed by atoms with Gasteiger partial charge in [0, 0.05) is 25.5 Å². The maximum absolute atomic E-state index is 12.5. The molecule has 0 aromatic heterocycles. The summed E-state index contributed by atoms with van der Waals surface area (Å²) in [5.74, 6) is -1.60. The van der Waals surface area contributed by atoms with Crippen LogP contribution in [0.3, 0.4) is 0 Å². The van der Waals surface area contributed by atoms with Crippen molar-refractivity contribution in [1.29, 1.82) is 0 Å². The zero-order valence-electron chi connectivity index (χ0n) is 13.9. The third-order valence-corrected chi connectivity index (χ3v) is 3.65. The van der Waals surface area contributed by atoms with Crippen molar-refractivity contribution in [3.05, 3.63) is 54.1 Å².